The minimum atomic E-state index is -1.31. The summed E-state index contributed by atoms with van der Waals surface area (Å²) in [7, 11) is 0. The average molecular weight is 248 g/mol. The van der Waals surface area contributed by atoms with E-state index in [0.717, 1.165) is 0 Å². The number of rotatable bonds is 8. The van der Waals surface area contributed by atoms with Crippen LogP contribution in [0, 0.1) is 0 Å². The van der Waals surface area contributed by atoms with Crippen LogP contribution in [0.25, 0.3) is 0 Å². The molecule has 0 saturated carbocycles. The van der Waals surface area contributed by atoms with Crippen LogP contribution in [0.2, 0.25) is 0 Å². The zero-order chi connectivity index (χ0) is 13.4. The molecule has 9 heteroatoms. The highest BCUT2D eigenvalue weighted by Crippen LogP contribution is 1.92. The maximum atomic E-state index is 11.3. The number of nitrogens with one attached hydrogen (secondary N) is 2. The number of hydrogen-bond donors (Lipinski definition) is 5. The molecule has 1 atom stereocenters. The zero-order valence-electron chi connectivity index (χ0n) is 8.67. The van der Waals surface area contributed by atoms with Crippen molar-refractivity contribution in [2.24, 2.45) is 0 Å². The molecule has 5 N–H and O–H groups in total. The Kier molecular flexibility index (Phi) is 6.26. The number of carboxylic acid groups (broad SMARTS) is 3. The van der Waals surface area contributed by atoms with E-state index >= 15 is 0 Å². The molecule has 0 aromatic heterocycles. The molecule has 0 fully saturated rings. The lowest BCUT2D eigenvalue weighted by molar-refractivity contribution is -0.142. The minimum Gasteiger partial charge on any atom is -0.481 e. The summed E-state index contributed by atoms with van der Waals surface area (Å²) in [5, 5.41) is 29.3. The van der Waals surface area contributed by atoms with Crippen molar-refractivity contribution in [3.05, 3.63) is 0 Å². The number of carboxylic acids is 3. The Morgan fingerprint density at radius 1 is 0.882 bits per heavy atom. The van der Waals surface area contributed by atoms with Gasteiger partial charge in [0, 0.05) is 0 Å². The van der Waals surface area contributed by atoms with Gasteiger partial charge in [0.1, 0.15) is 6.54 Å². The van der Waals surface area contributed by atoms with Gasteiger partial charge in [-0.05, 0) is 0 Å². The molecular formula is C8H12N2O7. The highest BCUT2D eigenvalue weighted by Gasteiger charge is 2.22. The largest absolute Gasteiger partial charge is 0.481 e. The third-order valence-electron chi connectivity index (χ3n) is 1.61. The van der Waals surface area contributed by atoms with Crippen LogP contribution < -0.4 is 10.6 Å². The highest BCUT2D eigenvalue weighted by molar-refractivity contribution is 5.88. The van der Waals surface area contributed by atoms with Gasteiger partial charge in [-0.25, -0.2) is 0 Å². The third-order valence-corrected chi connectivity index (χ3v) is 1.61. The molecule has 0 aromatic carbocycles. The Bertz CT molecular complexity index is 328. The summed E-state index contributed by atoms with van der Waals surface area (Å²) in [4.78, 5) is 42.1. The van der Waals surface area contributed by atoms with Crippen molar-refractivity contribution in [2.75, 3.05) is 13.1 Å². The molecule has 0 rings (SSSR count). The molecule has 17 heavy (non-hydrogen) atoms. The number of carbonyl (C=O) groups is 4. The van der Waals surface area contributed by atoms with Crippen LogP contribution >= 0.6 is 0 Å². The third kappa shape index (κ3) is 7.73. The summed E-state index contributed by atoms with van der Waals surface area (Å²) >= 11 is 0. The van der Waals surface area contributed by atoms with E-state index < -0.39 is 49.4 Å². The lowest BCUT2D eigenvalue weighted by Gasteiger charge is -2.14. The fourth-order valence-electron chi connectivity index (χ4n) is 0.929. The van der Waals surface area contributed by atoms with Crippen LogP contribution in [0.5, 0.6) is 0 Å². The first-order valence-corrected chi connectivity index (χ1v) is 4.49. The van der Waals surface area contributed by atoms with Gasteiger partial charge in [0.05, 0.1) is 19.0 Å². The molecule has 0 aliphatic heterocycles. The van der Waals surface area contributed by atoms with Gasteiger partial charge in [-0.1, -0.05) is 0 Å². The fraction of sp³-hybridized carbons (Fsp3) is 0.500. The Morgan fingerprint density at radius 2 is 1.41 bits per heavy atom. The van der Waals surface area contributed by atoms with Crippen molar-refractivity contribution in [3.63, 3.8) is 0 Å². The molecule has 0 radical (unpaired) electrons. The van der Waals surface area contributed by atoms with Crippen molar-refractivity contribution in [2.45, 2.75) is 12.5 Å². The Balaban J connectivity index is 4.33. The monoisotopic (exact) mass is 248 g/mol. The normalized spacial score (nSPS) is 11.5. The van der Waals surface area contributed by atoms with Gasteiger partial charge in [0.15, 0.2) is 0 Å². The van der Waals surface area contributed by atoms with E-state index in [4.69, 9.17) is 15.3 Å². The van der Waals surface area contributed by atoms with Gasteiger partial charge in [-0.15, -0.1) is 0 Å². The Labute approximate surface area is 95.4 Å². The molecule has 0 aliphatic carbocycles. The SMILES string of the molecule is O=C(O)CNC(=O)[C@H](CC(=O)O)NCC(=O)O. The molecule has 0 saturated heterocycles. The summed E-state index contributed by atoms with van der Waals surface area (Å²) in [5.74, 6) is -4.73. The maximum absolute atomic E-state index is 11.3. The van der Waals surface area contributed by atoms with Crippen molar-refractivity contribution in [1.82, 2.24) is 10.6 Å². The molecule has 0 heterocycles. The Hall–Kier alpha value is -2.16. The van der Waals surface area contributed by atoms with Gasteiger partial charge >= 0.3 is 17.9 Å². The number of carbonyl (C=O) groups excluding carboxylic acids is 1. The summed E-state index contributed by atoms with van der Waals surface area (Å²) in [6, 6.07) is -1.29. The summed E-state index contributed by atoms with van der Waals surface area (Å²) in [6.45, 7) is -1.26. The van der Waals surface area contributed by atoms with Crippen LogP contribution in [0.1, 0.15) is 6.42 Å². The van der Waals surface area contributed by atoms with Crippen LogP contribution in [-0.2, 0) is 19.2 Å². The summed E-state index contributed by atoms with van der Waals surface area (Å²) in [6.07, 6.45) is -0.640. The molecule has 0 bridgehead atoms. The minimum absolute atomic E-state index is 0.599. The average Bonchev–Trinajstić information content (AvgIpc) is 2.19. The van der Waals surface area contributed by atoms with Crippen LogP contribution in [0.4, 0.5) is 0 Å². The van der Waals surface area contributed by atoms with E-state index in [1.807, 2.05) is 5.32 Å². The Morgan fingerprint density at radius 3 is 1.82 bits per heavy atom. The van der Waals surface area contributed by atoms with Gasteiger partial charge in [0.2, 0.25) is 5.91 Å². The van der Waals surface area contributed by atoms with E-state index in [9.17, 15) is 19.2 Å². The molecule has 0 aliphatic rings. The first-order valence-electron chi connectivity index (χ1n) is 4.49. The molecular weight excluding hydrogens is 236 g/mol. The highest BCUT2D eigenvalue weighted by atomic mass is 16.4. The predicted octanol–water partition coefficient (Wildman–Crippen LogP) is -2.30. The van der Waals surface area contributed by atoms with Crippen LogP contribution in [0.15, 0.2) is 0 Å². The second-order valence-corrected chi connectivity index (χ2v) is 3.04. The molecule has 0 unspecified atom stereocenters. The van der Waals surface area contributed by atoms with Crippen LogP contribution in [0.3, 0.4) is 0 Å². The first kappa shape index (κ1) is 14.8. The fourth-order valence-corrected chi connectivity index (χ4v) is 0.929. The van der Waals surface area contributed by atoms with E-state index in [0.29, 0.717) is 0 Å². The first-order chi connectivity index (χ1) is 7.82. The molecule has 9 nitrogen and oxygen atoms in total. The molecule has 1 amide bonds. The van der Waals surface area contributed by atoms with Crippen molar-refractivity contribution < 1.29 is 34.5 Å². The second kappa shape index (κ2) is 7.17. The number of aliphatic carboxylic acids is 3. The summed E-state index contributed by atoms with van der Waals surface area (Å²) < 4.78 is 0. The molecule has 0 aromatic rings. The van der Waals surface area contributed by atoms with Gasteiger partial charge < -0.3 is 20.6 Å². The molecule has 96 valence electrons. The van der Waals surface area contributed by atoms with E-state index in [1.54, 1.807) is 0 Å². The topological polar surface area (TPSA) is 153 Å². The quantitative estimate of drug-likeness (QED) is 0.321. The maximum Gasteiger partial charge on any atom is 0.322 e. The van der Waals surface area contributed by atoms with Crippen molar-refractivity contribution in [1.29, 1.82) is 0 Å². The van der Waals surface area contributed by atoms with Crippen LogP contribution in [-0.4, -0.2) is 58.3 Å². The lowest BCUT2D eigenvalue weighted by atomic mass is 10.2. The van der Waals surface area contributed by atoms with Gasteiger partial charge in [0.25, 0.3) is 0 Å². The van der Waals surface area contributed by atoms with E-state index in [-0.39, 0.29) is 0 Å². The van der Waals surface area contributed by atoms with Gasteiger partial charge in [-0.3, -0.25) is 24.5 Å². The predicted molar refractivity (Wildman–Crippen MR) is 52.3 cm³/mol. The molecule has 0 spiro atoms. The standard InChI is InChI=1S/C8H12N2O7/c11-5(12)1-4(9-2-6(13)14)8(17)10-3-7(15)16/h4,9H,1-3H2,(H,10,17)(H,11,12)(H,13,14)(H,15,16)/t4-/m0/s1. The van der Waals surface area contributed by atoms with Crippen molar-refractivity contribution in [3.8, 4) is 0 Å². The van der Waals surface area contributed by atoms with E-state index in [2.05, 4.69) is 5.32 Å². The van der Waals surface area contributed by atoms with Gasteiger partial charge in [-0.2, -0.15) is 0 Å². The zero-order valence-corrected chi connectivity index (χ0v) is 8.67. The summed E-state index contributed by atoms with van der Waals surface area (Å²) in [5.41, 5.74) is 0. The van der Waals surface area contributed by atoms with Crippen molar-refractivity contribution >= 4 is 23.8 Å². The lowest BCUT2D eigenvalue weighted by Crippen LogP contribution is -2.48. The van der Waals surface area contributed by atoms with E-state index in [1.165, 1.54) is 0 Å². The number of hydrogen-bond acceptors (Lipinski definition) is 5. The smallest absolute Gasteiger partial charge is 0.322 e. The second-order valence-electron chi connectivity index (χ2n) is 3.04. The number of amides is 1.